The number of anilines is 1. The van der Waals surface area contributed by atoms with Crippen LogP contribution in [-0.2, 0) is 0 Å². The van der Waals surface area contributed by atoms with E-state index in [0.29, 0.717) is 11.8 Å². The van der Waals surface area contributed by atoms with Crippen LogP contribution in [0.3, 0.4) is 0 Å². The number of fused-ring (bicyclic) bond motifs is 1. The van der Waals surface area contributed by atoms with Gasteiger partial charge in [-0.05, 0) is 48.9 Å². The van der Waals surface area contributed by atoms with Crippen LogP contribution in [0.25, 0.3) is 16.9 Å². The standard InChI is InChI=1S/C21H15F2N3O/c1-13-7-8-26-12-19(25-20(26)9-13)14-3-2-4-16(10-14)24-21(27)17-6-5-15(22)11-18(17)23/h2-12H,1H3,(H,24,27). The number of pyridine rings is 1. The van der Waals surface area contributed by atoms with Crippen LogP contribution in [0.15, 0.2) is 67.0 Å². The smallest absolute Gasteiger partial charge is 0.258 e. The maximum atomic E-state index is 13.8. The summed E-state index contributed by atoms with van der Waals surface area (Å²) < 4.78 is 28.7. The van der Waals surface area contributed by atoms with Gasteiger partial charge in [-0.15, -0.1) is 0 Å². The van der Waals surface area contributed by atoms with Gasteiger partial charge in [0.1, 0.15) is 17.3 Å². The third-order valence-corrected chi connectivity index (χ3v) is 4.21. The highest BCUT2D eigenvalue weighted by atomic mass is 19.1. The van der Waals surface area contributed by atoms with E-state index in [9.17, 15) is 13.6 Å². The summed E-state index contributed by atoms with van der Waals surface area (Å²) in [5, 5.41) is 2.64. The summed E-state index contributed by atoms with van der Waals surface area (Å²) in [6.45, 7) is 2.00. The number of benzene rings is 2. The Bertz CT molecular complexity index is 1170. The van der Waals surface area contributed by atoms with Crippen LogP contribution in [-0.4, -0.2) is 15.3 Å². The van der Waals surface area contributed by atoms with Crippen molar-refractivity contribution in [2.45, 2.75) is 6.92 Å². The molecule has 0 aliphatic heterocycles. The Labute approximate surface area is 154 Å². The zero-order chi connectivity index (χ0) is 19.0. The number of carbonyl (C=O) groups is 1. The lowest BCUT2D eigenvalue weighted by molar-refractivity contribution is 0.102. The number of aromatic nitrogens is 2. The monoisotopic (exact) mass is 363 g/mol. The van der Waals surface area contributed by atoms with Crippen LogP contribution < -0.4 is 5.32 Å². The Kier molecular flexibility index (Phi) is 4.16. The molecule has 0 aliphatic carbocycles. The van der Waals surface area contributed by atoms with E-state index in [4.69, 9.17) is 0 Å². The van der Waals surface area contributed by atoms with Gasteiger partial charge < -0.3 is 9.72 Å². The molecule has 4 rings (SSSR count). The number of carbonyl (C=O) groups excluding carboxylic acids is 1. The number of aryl methyl sites for hydroxylation is 1. The Morgan fingerprint density at radius 2 is 1.93 bits per heavy atom. The molecule has 4 nitrogen and oxygen atoms in total. The minimum atomic E-state index is -0.903. The zero-order valence-electron chi connectivity index (χ0n) is 14.4. The molecule has 0 fully saturated rings. The normalized spacial score (nSPS) is 10.9. The fourth-order valence-electron chi connectivity index (χ4n) is 2.85. The minimum Gasteiger partial charge on any atom is -0.322 e. The molecule has 2 heterocycles. The Morgan fingerprint density at radius 1 is 1.07 bits per heavy atom. The predicted molar refractivity (Wildman–Crippen MR) is 99.7 cm³/mol. The first kappa shape index (κ1) is 16.9. The summed E-state index contributed by atoms with van der Waals surface area (Å²) in [4.78, 5) is 16.9. The second kappa shape index (κ2) is 6.64. The van der Waals surface area contributed by atoms with Gasteiger partial charge in [-0.1, -0.05) is 12.1 Å². The van der Waals surface area contributed by atoms with Crippen molar-refractivity contribution < 1.29 is 13.6 Å². The van der Waals surface area contributed by atoms with E-state index >= 15 is 0 Å². The number of halogens is 2. The summed E-state index contributed by atoms with van der Waals surface area (Å²) in [5.41, 5.74) is 3.78. The molecular weight excluding hydrogens is 348 g/mol. The average Bonchev–Trinajstić information content (AvgIpc) is 3.05. The summed E-state index contributed by atoms with van der Waals surface area (Å²) >= 11 is 0. The van der Waals surface area contributed by atoms with Crippen molar-refractivity contribution in [3.63, 3.8) is 0 Å². The number of rotatable bonds is 3. The highest BCUT2D eigenvalue weighted by Crippen LogP contribution is 2.23. The van der Waals surface area contributed by atoms with Crippen molar-refractivity contribution >= 4 is 17.2 Å². The summed E-state index contributed by atoms with van der Waals surface area (Å²) in [5.74, 6) is -2.28. The van der Waals surface area contributed by atoms with Crippen LogP contribution in [0.5, 0.6) is 0 Å². The highest BCUT2D eigenvalue weighted by molar-refractivity contribution is 6.04. The van der Waals surface area contributed by atoms with Crippen molar-refractivity contribution in [2.75, 3.05) is 5.32 Å². The van der Waals surface area contributed by atoms with Gasteiger partial charge in [0.15, 0.2) is 0 Å². The van der Waals surface area contributed by atoms with Crippen LogP contribution in [0, 0.1) is 18.6 Å². The van der Waals surface area contributed by atoms with Gasteiger partial charge in [-0.25, -0.2) is 13.8 Å². The van der Waals surface area contributed by atoms with E-state index in [0.717, 1.165) is 34.6 Å². The maximum absolute atomic E-state index is 13.8. The lowest BCUT2D eigenvalue weighted by Crippen LogP contribution is -2.13. The van der Waals surface area contributed by atoms with Crippen LogP contribution in [0.2, 0.25) is 0 Å². The molecule has 1 amide bonds. The molecular formula is C21H15F2N3O. The van der Waals surface area contributed by atoms with Crippen molar-refractivity contribution in [1.29, 1.82) is 0 Å². The molecule has 0 saturated carbocycles. The van der Waals surface area contributed by atoms with E-state index < -0.39 is 17.5 Å². The quantitative estimate of drug-likeness (QED) is 0.566. The third kappa shape index (κ3) is 3.42. The van der Waals surface area contributed by atoms with Gasteiger partial charge in [-0.2, -0.15) is 0 Å². The van der Waals surface area contributed by atoms with Crippen molar-refractivity contribution in [3.05, 3.63) is 89.8 Å². The molecule has 134 valence electrons. The minimum absolute atomic E-state index is 0.218. The lowest BCUT2D eigenvalue weighted by Gasteiger charge is -2.07. The summed E-state index contributed by atoms with van der Waals surface area (Å²) in [6, 6.07) is 13.9. The summed E-state index contributed by atoms with van der Waals surface area (Å²) in [6.07, 6.45) is 3.83. The van der Waals surface area contributed by atoms with E-state index in [1.54, 1.807) is 18.2 Å². The van der Waals surface area contributed by atoms with Gasteiger partial charge in [0, 0.05) is 29.7 Å². The first-order chi connectivity index (χ1) is 13.0. The molecule has 1 N–H and O–H groups in total. The zero-order valence-corrected chi connectivity index (χ0v) is 14.4. The van der Waals surface area contributed by atoms with Crippen LogP contribution in [0.4, 0.5) is 14.5 Å². The van der Waals surface area contributed by atoms with Gasteiger partial charge in [-0.3, -0.25) is 4.79 Å². The van der Waals surface area contributed by atoms with E-state index in [-0.39, 0.29) is 5.56 Å². The number of hydrogen-bond acceptors (Lipinski definition) is 2. The fraction of sp³-hybridized carbons (Fsp3) is 0.0476. The van der Waals surface area contributed by atoms with Gasteiger partial charge >= 0.3 is 0 Å². The molecule has 2 aromatic heterocycles. The largest absolute Gasteiger partial charge is 0.322 e. The topological polar surface area (TPSA) is 46.4 Å². The number of nitrogens with zero attached hydrogens (tertiary/aromatic N) is 2. The number of amides is 1. The Morgan fingerprint density at radius 3 is 2.74 bits per heavy atom. The van der Waals surface area contributed by atoms with Crippen molar-refractivity contribution in [2.24, 2.45) is 0 Å². The molecule has 0 spiro atoms. The van der Waals surface area contributed by atoms with Crippen molar-refractivity contribution in [1.82, 2.24) is 9.38 Å². The molecule has 0 bridgehead atoms. The molecule has 0 unspecified atom stereocenters. The fourth-order valence-corrected chi connectivity index (χ4v) is 2.85. The van der Waals surface area contributed by atoms with Crippen molar-refractivity contribution in [3.8, 4) is 11.3 Å². The molecule has 27 heavy (non-hydrogen) atoms. The van der Waals surface area contributed by atoms with E-state index in [1.807, 2.05) is 41.9 Å². The number of imidazole rings is 1. The van der Waals surface area contributed by atoms with Crippen LogP contribution >= 0.6 is 0 Å². The van der Waals surface area contributed by atoms with Crippen LogP contribution in [0.1, 0.15) is 15.9 Å². The van der Waals surface area contributed by atoms with Gasteiger partial charge in [0.2, 0.25) is 0 Å². The average molecular weight is 363 g/mol. The third-order valence-electron chi connectivity index (χ3n) is 4.21. The molecule has 0 aliphatic rings. The van der Waals surface area contributed by atoms with Gasteiger partial charge in [0.25, 0.3) is 5.91 Å². The molecule has 0 radical (unpaired) electrons. The molecule has 0 saturated heterocycles. The maximum Gasteiger partial charge on any atom is 0.258 e. The second-order valence-corrected chi connectivity index (χ2v) is 6.25. The first-order valence-corrected chi connectivity index (χ1v) is 8.32. The second-order valence-electron chi connectivity index (χ2n) is 6.25. The SMILES string of the molecule is Cc1ccn2cc(-c3cccc(NC(=O)c4ccc(F)cc4F)c3)nc2c1. The van der Waals surface area contributed by atoms with E-state index in [1.165, 1.54) is 0 Å². The Hall–Kier alpha value is -3.54. The summed E-state index contributed by atoms with van der Waals surface area (Å²) in [7, 11) is 0. The molecule has 6 heteroatoms. The first-order valence-electron chi connectivity index (χ1n) is 8.32. The predicted octanol–water partition coefficient (Wildman–Crippen LogP) is 4.84. The molecule has 4 aromatic rings. The Balaban J connectivity index is 1.62. The van der Waals surface area contributed by atoms with E-state index in [2.05, 4.69) is 10.3 Å². The lowest BCUT2D eigenvalue weighted by atomic mass is 10.1. The molecule has 0 atom stereocenters. The molecule has 2 aromatic carbocycles. The number of nitrogens with one attached hydrogen (secondary N) is 1. The number of hydrogen-bond donors (Lipinski definition) is 1. The van der Waals surface area contributed by atoms with Gasteiger partial charge in [0.05, 0.1) is 11.3 Å². The highest BCUT2D eigenvalue weighted by Gasteiger charge is 2.13.